The largest absolute Gasteiger partial charge is 0.481 e. The van der Waals surface area contributed by atoms with E-state index in [2.05, 4.69) is 0 Å². The number of carbonyl (C=O) groups is 1. The normalized spacial score (nSPS) is 17.6. The summed E-state index contributed by atoms with van der Waals surface area (Å²) in [6.45, 7) is 1.52. The third kappa shape index (κ3) is 8.11. The average molecular weight is 218 g/mol. The van der Waals surface area contributed by atoms with Crippen LogP contribution in [0, 0.1) is 0 Å². The Bertz CT molecular complexity index is 212. The molecule has 0 aromatic heterocycles. The maximum absolute atomic E-state index is 10.1. The highest BCUT2D eigenvalue weighted by Gasteiger charge is 2.15. The van der Waals surface area contributed by atoms with E-state index in [-0.39, 0.29) is 12.8 Å². The molecule has 0 aromatic rings. The molecule has 0 rings (SSSR count). The highest BCUT2D eigenvalue weighted by atomic mass is 16.4. The number of rotatable bonds is 7. The van der Waals surface area contributed by atoms with Crippen LogP contribution in [0.5, 0.6) is 0 Å². The van der Waals surface area contributed by atoms with Gasteiger partial charge in [-0.15, -0.1) is 0 Å². The second kappa shape index (κ2) is 7.39. The molecule has 3 atom stereocenters. The summed E-state index contributed by atoms with van der Waals surface area (Å²) in [6, 6.07) is 0. The molecule has 0 saturated carbocycles. The van der Waals surface area contributed by atoms with Gasteiger partial charge >= 0.3 is 5.97 Å². The van der Waals surface area contributed by atoms with Gasteiger partial charge in [-0.1, -0.05) is 12.2 Å². The van der Waals surface area contributed by atoms with Crippen LogP contribution in [0.3, 0.4) is 0 Å². The monoisotopic (exact) mass is 218 g/mol. The van der Waals surface area contributed by atoms with Crippen LogP contribution in [-0.4, -0.2) is 44.7 Å². The molecule has 88 valence electrons. The molecule has 0 bridgehead atoms. The zero-order valence-corrected chi connectivity index (χ0v) is 8.71. The lowest BCUT2D eigenvalue weighted by atomic mass is 10.1. The van der Waals surface area contributed by atoms with Crippen LogP contribution in [0.15, 0.2) is 12.2 Å². The molecule has 5 nitrogen and oxygen atoms in total. The summed E-state index contributed by atoms with van der Waals surface area (Å²) >= 11 is 0. The molecule has 0 aliphatic heterocycles. The maximum atomic E-state index is 10.1. The fourth-order valence-electron chi connectivity index (χ4n) is 1.06. The van der Waals surface area contributed by atoms with E-state index < -0.39 is 24.3 Å². The fourth-order valence-corrected chi connectivity index (χ4v) is 1.06. The van der Waals surface area contributed by atoms with Gasteiger partial charge in [0.25, 0.3) is 0 Å². The highest BCUT2D eigenvalue weighted by Crippen LogP contribution is 2.05. The summed E-state index contributed by atoms with van der Waals surface area (Å²) in [4.78, 5) is 10.1. The molecule has 4 N–H and O–H groups in total. The summed E-state index contributed by atoms with van der Waals surface area (Å²) in [5.41, 5.74) is 0. The van der Waals surface area contributed by atoms with Crippen molar-refractivity contribution in [2.45, 2.75) is 44.5 Å². The van der Waals surface area contributed by atoms with Crippen molar-refractivity contribution in [3.05, 3.63) is 12.2 Å². The van der Waals surface area contributed by atoms with E-state index >= 15 is 0 Å². The SMILES string of the molecule is CC(O)CC(O)C(O)/C=C/CCC(=O)O. The highest BCUT2D eigenvalue weighted by molar-refractivity contribution is 5.66. The van der Waals surface area contributed by atoms with Gasteiger partial charge in [0.2, 0.25) is 0 Å². The third-order valence-electron chi connectivity index (χ3n) is 1.83. The third-order valence-corrected chi connectivity index (χ3v) is 1.83. The Kier molecular flexibility index (Phi) is 6.94. The Morgan fingerprint density at radius 2 is 1.93 bits per heavy atom. The van der Waals surface area contributed by atoms with Gasteiger partial charge < -0.3 is 20.4 Å². The van der Waals surface area contributed by atoms with E-state index in [1.165, 1.54) is 19.1 Å². The lowest BCUT2D eigenvalue weighted by Crippen LogP contribution is -2.27. The molecule has 0 fully saturated rings. The van der Waals surface area contributed by atoms with Crippen molar-refractivity contribution in [3.63, 3.8) is 0 Å². The number of aliphatic carboxylic acids is 1. The first-order chi connectivity index (χ1) is 6.93. The van der Waals surface area contributed by atoms with Gasteiger partial charge in [0.05, 0.1) is 18.3 Å². The Labute approximate surface area is 88.7 Å². The van der Waals surface area contributed by atoms with Gasteiger partial charge in [-0.05, 0) is 13.3 Å². The van der Waals surface area contributed by atoms with E-state index in [9.17, 15) is 15.0 Å². The molecule has 0 aliphatic carbocycles. The molecule has 15 heavy (non-hydrogen) atoms. The summed E-state index contributed by atoms with van der Waals surface area (Å²) < 4.78 is 0. The van der Waals surface area contributed by atoms with Gasteiger partial charge in [-0.2, -0.15) is 0 Å². The van der Waals surface area contributed by atoms with Crippen LogP contribution in [0.4, 0.5) is 0 Å². The molecular weight excluding hydrogens is 200 g/mol. The Morgan fingerprint density at radius 3 is 2.40 bits per heavy atom. The maximum Gasteiger partial charge on any atom is 0.303 e. The topological polar surface area (TPSA) is 98.0 Å². The lowest BCUT2D eigenvalue weighted by Gasteiger charge is -2.15. The van der Waals surface area contributed by atoms with E-state index in [0.29, 0.717) is 6.42 Å². The van der Waals surface area contributed by atoms with Crippen molar-refractivity contribution < 1.29 is 25.2 Å². The van der Waals surface area contributed by atoms with Crippen LogP contribution in [-0.2, 0) is 4.79 Å². The van der Waals surface area contributed by atoms with Crippen molar-refractivity contribution in [1.82, 2.24) is 0 Å². The summed E-state index contributed by atoms with van der Waals surface area (Å²) in [6.07, 6.45) is 0.482. The number of aliphatic hydroxyl groups excluding tert-OH is 3. The van der Waals surface area contributed by atoms with E-state index in [0.717, 1.165) is 0 Å². The van der Waals surface area contributed by atoms with Gasteiger partial charge in [0, 0.05) is 12.8 Å². The smallest absolute Gasteiger partial charge is 0.303 e. The van der Waals surface area contributed by atoms with E-state index in [4.69, 9.17) is 10.2 Å². The minimum atomic E-state index is -1.06. The van der Waals surface area contributed by atoms with Crippen LogP contribution >= 0.6 is 0 Å². The zero-order chi connectivity index (χ0) is 11.8. The molecule has 0 aromatic carbocycles. The van der Waals surface area contributed by atoms with Crippen molar-refractivity contribution in [2.24, 2.45) is 0 Å². The quantitative estimate of drug-likeness (QED) is 0.447. The summed E-state index contributed by atoms with van der Waals surface area (Å²) in [5, 5.41) is 35.9. The van der Waals surface area contributed by atoms with Crippen molar-refractivity contribution in [3.8, 4) is 0 Å². The van der Waals surface area contributed by atoms with Gasteiger partial charge in [0.15, 0.2) is 0 Å². The molecule has 0 amide bonds. The Hall–Kier alpha value is -0.910. The lowest BCUT2D eigenvalue weighted by molar-refractivity contribution is -0.136. The Morgan fingerprint density at radius 1 is 1.33 bits per heavy atom. The molecule has 0 saturated heterocycles. The van der Waals surface area contributed by atoms with Crippen LogP contribution < -0.4 is 0 Å². The molecular formula is C10H18O5. The minimum Gasteiger partial charge on any atom is -0.481 e. The molecule has 3 unspecified atom stereocenters. The predicted octanol–water partition coefficient (Wildman–Crippen LogP) is -0.0999. The first-order valence-electron chi connectivity index (χ1n) is 4.86. The number of hydrogen-bond acceptors (Lipinski definition) is 4. The van der Waals surface area contributed by atoms with Crippen LogP contribution in [0.25, 0.3) is 0 Å². The van der Waals surface area contributed by atoms with E-state index in [1.54, 1.807) is 0 Å². The molecule has 0 spiro atoms. The molecule has 0 aliphatic rings. The number of hydrogen-bond donors (Lipinski definition) is 4. The van der Waals surface area contributed by atoms with Gasteiger partial charge in [-0.3, -0.25) is 4.79 Å². The molecule has 5 heteroatoms. The second-order valence-electron chi connectivity index (χ2n) is 3.50. The fraction of sp³-hybridized carbons (Fsp3) is 0.700. The minimum absolute atomic E-state index is 0.00425. The number of carboxylic acid groups (broad SMARTS) is 1. The van der Waals surface area contributed by atoms with Crippen molar-refractivity contribution in [2.75, 3.05) is 0 Å². The van der Waals surface area contributed by atoms with Crippen molar-refractivity contribution >= 4 is 5.97 Å². The number of carboxylic acids is 1. The average Bonchev–Trinajstić information content (AvgIpc) is 2.10. The standard InChI is InChI=1S/C10H18O5/c1-7(11)6-9(13)8(12)4-2-3-5-10(14)15/h2,4,7-9,11-13H,3,5-6H2,1H3,(H,14,15)/b4-2+. The number of allylic oxidation sites excluding steroid dienone is 1. The summed E-state index contributed by atoms with van der Waals surface area (Å²) in [5.74, 6) is -0.904. The molecule has 0 radical (unpaired) electrons. The van der Waals surface area contributed by atoms with Crippen molar-refractivity contribution in [1.29, 1.82) is 0 Å². The first kappa shape index (κ1) is 14.1. The molecule has 0 heterocycles. The zero-order valence-electron chi connectivity index (χ0n) is 8.71. The Balaban J connectivity index is 3.79. The summed E-state index contributed by atoms with van der Waals surface area (Å²) in [7, 11) is 0. The number of aliphatic hydroxyl groups is 3. The van der Waals surface area contributed by atoms with Crippen LogP contribution in [0.1, 0.15) is 26.2 Å². The second-order valence-corrected chi connectivity index (χ2v) is 3.50. The van der Waals surface area contributed by atoms with Gasteiger partial charge in [0.1, 0.15) is 0 Å². The predicted molar refractivity (Wildman–Crippen MR) is 54.3 cm³/mol. The van der Waals surface area contributed by atoms with Gasteiger partial charge in [-0.25, -0.2) is 0 Å². The van der Waals surface area contributed by atoms with E-state index in [1.807, 2.05) is 0 Å². The first-order valence-corrected chi connectivity index (χ1v) is 4.86. The van der Waals surface area contributed by atoms with Crippen LogP contribution in [0.2, 0.25) is 0 Å².